The maximum atomic E-state index is 11.0. The van der Waals surface area contributed by atoms with Gasteiger partial charge in [0.05, 0.1) is 5.02 Å². The van der Waals surface area contributed by atoms with E-state index in [2.05, 4.69) is 4.98 Å². The maximum Gasteiger partial charge on any atom is 0.326 e. The summed E-state index contributed by atoms with van der Waals surface area (Å²) in [5, 5.41) is 9.56. The molecule has 1 aliphatic heterocycles. The zero-order valence-electron chi connectivity index (χ0n) is 8.06. The van der Waals surface area contributed by atoms with Crippen molar-refractivity contribution in [1.82, 2.24) is 4.98 Å². The molecule has 0 saturated carbocycles. The summed E-state index contributed by atoms with van der Waals surface area (Å²) >= 11 is 5.72. The first-order valence-corrected chi connectivity index (χ1v) is 5.17. The van der Waals surface area contributed by atoms with E-state index in [4.69, 9.17) is 16.7 Å². The van der Waals surface area contributed by atoms with Gasteiger partial charge in [-0.05, 0) is 25.0 Å². The molecule has 0 unspecified atom stereocenters. The van der Waals surface area contributed by atoms with Crippen LogP contribution in [0.15, 0.2) is 18.3 Å². The van der Waals surface area contributed by atoms with Crippen LogP contribution < -0.4 is 4.90 Å². The van der Waals surface area contributed by atoms with Crippen LogP contribution in [0.4, 0.5) is 5.82 Å². The van der Waals surface area contributed by atoms with Crippen molar-refractivity contribution in [3.63, 3.8) is 0 Å². The highest BCUT2D eigenvalue weighted by atomic mass is 35.5. The zero-order valence-corrected chi connectivity index (χ0v) is 8.81. The predicted octanol–water partition coefficient (Wildman–Crippen LogP) is 1.79. The van der Waals surface area contributed by atoms with Crippen molar-refractivity contribution in [2.24, 2.45) is 0 Å². The van der Waals surface area contributed by atoms with E-state index in [1.807, 2.05) is 0 Å². The lowest BCUT2D eigenvalue weighted by molar-refractivity contribution is -0.138. The minimum absolute atomic E-state index is 0.446. The molecule has 2 rings (SSSR count). The Morgan fingerprint density at radius 2 is 2.40 bits per heavy atom. The Labute approximate surface area is 92.5 Å². The lowest BCUT2D eigenvalue weighted by atomic mass is 10.2. The quantitative estimate of drug-likeness (QED) is 0.836. The predicted molar refractivity (Wildman–Crippen MR) is 57.3 cm³/mol. The average Bonchev–Trinajstić information content (AvgIpc) is 2.67. The lowest BCUT2D eigenvalue weighted by Crippen LogP contribution is -2.36. The van der Waals surface area contributed by atoms with Gasteiger partial charge in [0.15, 0.2) is 0 Å². The first-order chi connectivity index (χ1) is 7.18. The molecule has 1 aliphatic rings. The van der Waals surface area contributed by atoms with Gasteiger partial charge in [-0.25, -0.2) is 9.78 Å². The lowest BCUT2D eigenvalue weighted by Gasteiger charge is -2.22. The molecule has 1 aromatic heterocycles. The summed E-state index contributed by atoms with van der Waals surface area (Å²) in [5.74, 6) is -0.103. The summed E-state index contributed by atoms with van der Waals surface area (Å²) < 4.78 is 0. The fraction of sp³-hybridized carbons (Fsp3) is 0.400. The third kappa shape index (κ3) is 2.04. The molecule has 0 bridgehead atoms. The van der Waals surface area contributed by atoms with Crippen LogP contribution in [0.1, 0.15) is 12.8 Å². The second-order valence-electron chi connectivity index (χ2n) is 3.52. The normalized spacial score (nSPS) is 20.6. The highest BCUT2D eigenvalue weighted by Gasteiger charge is 2.31. The number of carboxylic acids is 1. The number of aromatic nitrogens is 1. The van der Waals surface area contributed by atoms with Crippen LogP contribution in [0.3, 0.4) is 0 Å². The van der Waals surface area contributed by atoms with Crippen LogP contribution in [-0.2, 0) is 4.79 Å². The van der Waals surface area contributed by atoms with Crippen molar-refractivity contribution in [3.8, 4) is 0 Å². The van der Waals surface area contributed by atoms with Crippen LogP contribution >= 0.6 is 11.6 Å². The van der Waals surface area contributed by atoms with Crippen molar-refractivity contribution in [2.75, 3.05) is 11.4 Å². The Kier molecular flexibility index (Phi) is 2.77. The summed E-state index contributed by atoms with van der Waals surface area (Å²) in [6.07, 6.45) is 3.11. The average molecular weight is 227 g/mol. The standard InChI is InChI=1S/C10H11ClN2O2/c11-7-3-4-9(12-6-7)13-5-1-2-8(13)10(14)15/h3-4,6,8H,1-2,5H2,(H,14,15)/t8-/m1/s1. The molecular weight excluding hydrogens is 216 g/mol. The number of halogens is 1. The molecule has 80 valence electrons. The topological polar surface area (TPSA) is 53.4 Å². The summed E-state index contributed by atoms with van der Waals surface area (Å²) in [5.41, 5.74) is 0. The van der Waals surface area contributed by atoms with Crippen LogP contribution in [0, 0.1) is 0 Å². The number of carboxylic acid groups (broad SMARTS) is 1. The molecule has 1 N–H and O–H groups in total. The number of carbonyl (C=O) groups is 1. The van der Waals surface area contributed by atoms with E-state index in [1.165, 1.54) is 6.20 Å². The largest absolute Gasteiger partial charge is 0.480 e. The van der Waals surface area contributed by atoms with E-state index in [-0.39, 0.29) is 0 Å². The molecule has 1 saturated heterocycles. The SMILES string of the molecule is O=C(O)[C@H]1CCCN1c1ccc(Cl)cn1. The van der Waals surface area contributed by atoms with Crippen molar-refractivity contribution < 1.29 is 9.90 Å². The fourth-order valence-electron chi connectivity index (χ4n) is 1.84. The Bertz CT molecular complexity index is 366. The van der Waals surface area contributed by atoms with Crippen LogP contribution in [0.25, 0.3) is 0 Å². The van der Waals surface area contributed by atoms with E-state index in [0.29, 0.717) is 17.3 Å². The van der Waals surface area contributed by atoms with Gasteiger partial charge in [0.25, 0.3) is 0 Å². The molecule has 0 amide bonds. The number of rotatable bonds is 2. The number of anilines is 1. The van der Waals surface area contributed by atoms with Gasteiger partial charge in [0.1, 0.15) is 11.9 Å². The Morgan fingerprint density at radius 1 is 1.60 bits per heavy atom. The summed E-state index contributed by atoms with van der Waals surface area (Å²) in [6.45, 7) is 0.742. The minimum Gasteiger partial charge on any atom is -0.480 e. The van der Waals surface area contributed by atoms with Crippen molar-refractivity contribution in [1.29, 1.82) is 0 Å². The van der Waals surface area contributed by atoms with Crippen LogP contribution in [0.5, 0.6) is 0 Å². The second-order valence-corrected chi connectivity index (χ2v) is 3.96. The number of hydrogen-bond donors (Lipinski definition) is 1. The number of pyridine rings is 1. The molecule has 0 aliphatic carbocycles. The fourth-order valence-corrected chi connectivity index (χ4v) is 1.95. The van der Waals surface area contributed by atoms with Crippen LogP contribution in [0.2, 0.25) is 5.02 Å². The molecule has 0 radical (unpaired) electrons. The smallest absolute Gasteiger partial charge is 0.326 e. The van der Waals surface area contributed by atoms with E-state index < -0.39 is 12.0 Å². The van der Waals surface area contributed by atoms with Gasteiger partial charge in [-0.15, -0.1) is 0 Å². The first kappa shape index (κ1) is 10.2. The van der Waals surface area contributed by atoms with Crippen molar-refractivity contribution in [3.05, 3.63) is 23.4 Å². The minimum atomic E-state index is -0.788. The van der Waals surface area contributed by atoms with E-state index in [1.54, 1.807) is 17.0 Å². The summed E-state index contributed by atoms with van der Waals surface area (Å²) in [7, 11) is 0. The molecule has 0 aromatic carbocycles. The second kappa shape index (κ2) is 4.06. The van der Waals surface area contributed by atoms with Crippen LogP contribution in [-0.4, -0.2) is 28.6 Å². The van der Waals surface area contributed by atoms with Gasteiger partial charge in [0, 0.05) is 12.7 Å². The van der Waals surface area contributed by atoms with Gasteiger partial charge in [-0.3, -0.25) is 0 Å². The van der Waals surface area contributed by atoms with Gasteiger partial charge < -0.3 is 10.0 Å². The van der Waals surface area contributed by atoms with Gasteiger partial charge in [-0.2, -0.15) is 0 Å². The third-order valence-electron chi connectivity index (χ3n) is 2.54. The highest BCUT2D eigenvalue weighted by molar-refractivity contribution is 6.30. The highest BCUT2D eigenvalue weighted by Crippen LogP contribution is 2.24. The van der Waals surface area contributed by atoms with E-state index >= 15 is 0 Å². The molecule has 1 atom stereocenters. The Balaban J connectivity index is 2.22. The molecule has 1 aromatic rings. The molecular formula is C10H11ClN2O2. The van der Waals surface area contributed by atoms with Gasteiger partial charge >= 0.3 is 5.97 Å². The molecule has 2 heterocycles. The molecule has 1 fully saturated rings. The Hall–Kier alpha value is -1.29. The number of hydrogen-bond acceptors (Lipinski definition) is 3. The first-order valence-electron chi connectivity index (χ1n) is 4.79. The molecule has 5 heteroatoms. The van der Waals surface area contributed by atoms with E-state index in [0.717, 1.165) is 13.0 Å². The summed E-state index contributed by atoms with van der Waals surface area (Å²) in [4.78, 5) is 16.9. The van der Waals surface area contributed by atoms with E-state index in [9.17, 15) is 4.79 Å². The van der Waals surface area contributed by atoms with Gasteiger partial charge in [-0.1, -0.05) is 11.6 Å². The van der Waals surface area contributed by atoms with Crippen molar-refractivity contribution in [2.45, 2.75) is 18.9 Å². The molecule has 15 heavy (non-hydrogen) atoms. The molecule has 4 nitrogen and oxygen atoms in total. The summed E-state index contributed by atoms with van der Waals surface area (Å²) in [6, 6.07) is 3.03. The Morgan fingerprint density at radius 3 is 3.00 bits per heavy atom. The number of aliphatic carboxylic acids is 1. The monoisotopic (exact) mass is 226 g/mol. The third-order valence-corrected chi connectivity index (χ3v) is 2.77. The van der Waals surface area contributed by atoms with Crippen molar-refractivity contribution >= 4 is 23.4 Å². The maximum absolute atomic E-state index is 11.0. The zero-order chi connectivity index (χ0) is 10.8. The number of nitrogens with zero attached hydrogens (tertiary/aromatic N) is 2. The molecule has 0 spiro atoms. The van der Waals surface area contributed by atoms with Gasteiger partial charge in [0.2, 0.25) is 0 Å².